The lowest BCUT2D eigenvalue weighted by Crippen LogP contribution is -2.34. The molecular weight excluding hydrogens is 348 g/mol. The third-order valence-corrected chi connectivity index (χ3v) is 5.25. The number of rotatable bonds is 4. The molecule has 0 bridgehead atoms. The number of benzene rings is 1. The predicted octanol–water partition coefficient (Wildman–Crippen LogP) is 4.57. The molecule has 1 aromatic carbocycles. The highest BCUT2D eigenvalue weighted by Gasteiger charge is 2.39. The summed E-state index contributed by atoms with van der Waals surface area (Å²) in [5, 5.41) is 4.07. The molecule has 138 valence electrons. The molecule has 28 heavy (non-hydrogen) atoms. The third-order valence-electron chi connectivity index (χ3n) is 5.25. The number of amides is 1. The number of aromatic amines is 1. The monoisotopic (exact) mass is 368 g/mol. The molecule has 3 heterocycles. The SMILES string of the molecule is CC1(NC(=O)c2cccc(-c3cnc4[nH]c(-c5ccccc5)cc4c3)n2)CC1. The van der Waals surface area contributed by atoms with Crippen molar-refractivity contribution in [2.45, 2.75) is 25.3 Å². The van der Waals surface area contributed by atoms with Crippen LogP contribution >= 0.6 is 0 Å². The number of carbonyl (C=O) groups excluding carboxylic acids is 1. The van der Waals surface area contributed by atoms with Gasteiger partial charge in [0.2, 0.25) is 0 Å². The molecule has 1 amide bonds. The average Bonchev–Trinajstić information content (AvgIpc) is 3.29. The number of nitrogens with zero attached hydrogens (tertiary/aromatic N) is 2. The van der Waals surface area contributed by atoms with Crippen LogP contribution < -0.4 is 5.32 Å². The average molecular weight is 368 g/mol. The number of hydrogen-bond acceptors (Lipinski definition) is 3. The number of pyridine rings is 2. The maximum Gasteiger partial charge on any atom is 0.270 e. The minimum absolute atomic E-state index is 0.0613. The Balaban J connectivity index is 1.47. The van der Waals surface area contributed by atoms with E-state index in [4.69, 9.17) is 0 Å². The van der Waals surface area contributed by atoms with Crippen LogP contribution in [0.4, 0.5) is 0 Å². The normalized spacial score (nSPS) is 14.8. The summed E-state index contributed by atoms with van der Waals surface area (Å²) in [5.74, 6) is -0.121. The van der Waals surface area contributed by atoms with Gasteiger partial charge < -0.3 is 10.3 Å². The second kappa shape index (κ2) is 6.30. The van der Waals surface area contributed by atoms with Crippen LogP contribution in [0.1, 0.15) is 30.3 Å². The summed E-state index contributed by atoms with van der Waals surface area (Å²) in [4.78, 5) is 24.9. The van der Waals surface area contributed by atoms with E-state index in [1.54, 1.807) is 12.3 Å². The molecule has 1 fully saturated rings. The highest BCUT2D eigenvalue weighted by Crippen LogP contribution is 2.34. The first kappa shape index (κ1) is 16.7. The van der Waals surface area contributed by atoms with Crippen molar-refractivity contribution in [3.8, 4) is 22.5 Å². The summed E-state index contributed by atoms with van der Waals surface area (Å²) >= 11 is 0. The van der Waals surface area contributed by atoms with Crippen LogP contribution in [0.5, 0.6) is 0 Å². The van der Waals surface area contributed by atoms with Crippen molar-refractivity contribution < 1.29 is 4.79 Å². The van der Waals surface area contributed by atoms with Crippen molar-refractivity contribution in [2.75, 3.05) is 0 Å². The van der Waals surface area contributed by atoms with Crippen molar-refractivity contribution >= 4 is 16.9 Å². The largest absolute Gasteiger partial charge is 0.346 e. The number of H-pyrrole nitrogens is 1. The summed E-state index contributed by atoms with van der Waals surface area (Å²) in [5.41, 5.74) is 4.98. The van der Waals surface area contributed by atoms with E-state index in [0.29, 0.717) is 5.69 Å². The number of aromatic nitrogens is 3. The van der Waals surface area contributed by atoms with Gasteiger partial charge in [-0.3, -0.25) is 4.79 Å². The smallest absolute Gasteiger partial charge is 0.270 e. The molecule has 0 atom stereocenters. The molecule has 2 N–H and O–H groups in total. The summed E-state index contributed by atoms with van der Waals surface area (Å²) < 4.78 is 0. The van der Waals surface area contributed by atoms with Crippen molar-refractivity contribution in [3.63, 3.8) is 0 Å². The zero-order valence-electron chi connectivity index (χ0n) is 15.6. The molecule has 5 heteroatoms. The Morgan fingerprint density at radius 1 is 1.04 bits per heavy atom. The van der Waals surface area contributed by atoms with Gasteiger partial charge in [-0.15, -0.1) is 0 Å². The standard InChI is InChI=1S/C23H20N4O/c1-23(10-11-23)27-22(28)19-9-5-8-18(25-19)17-12-16-13-20(26-21(16)24-14-17)15-6-3-2-4-7-15/h2-9,12-14H,10-11H2,1H3,(H,24,26)(H,27,28). The lowest BCUT2D eigenvalue weighted by Gasteiger charge is -2.11. The molecule has 5 rings (SSSR count). The van der Waals surface area contributed by atoms with Crippen LogP contribution in [0.2, 0.25) is 0 Å². The Morgan fingerprint density at radius 3 is 2.64 bits per heavy atom. The molecule has 0 aliphatic heterocycles. The minimum atomic E-state index is -0.121. The van der Waals surface area contributed by atoms with Crippen LogP contribution in [-0.2, 0) is 0 Å². The number of carbonyl (C=O) groups is 1. The second-order valence-corrected chi connectivity index (χ2v) is 7.63. The Hall–Kier alpha value is -3.47. The molecule has 1 aliphatic carbocycles. The highest BCUT2D eigenvalue weighted by molar-refractivity contribution is 5.94. The highest BCUT2D eigenvalue weighted by atomic mass is 16.2. The Kier molecular flexibility index (Phi) is 3.76. The summed E-state index contributed by atoms with van der Waals surface area (Å²) in [6.45, 7) is 2.06. The van der Waals surface area contributed by atoms with Crippen LogP contribution in [0.25, 0.3) is 33.5 Å². The van der Waals surface area contributed by atoms with E-state index in [0.717, 1.165) is 46.4 Å². The molecule has 1 aliphatic rings. The lowest BCUT2D eigenvalue weighted by molar-refractivity contribution is 0.0930. The number of hydrogen-bond donors (Lipinski definition) is 2. The topological polar surface area (TPSA) is 70.7 Å². The predicted molar refractivity (Wildman–Crippen MR) is 110 cm³/mol. The van der Waals surface area contributed by atoms with Gasteiger partial charge >= 0.3 is 0 Å². The quantitative estimate of drug-likeness (QED) is 0.554. The van der Waals surface area contributed by atoms with E-state index in [1.807, 2.05) is 30.3 Å². The number of nitrogens with one attached hydrogen (secondary N) is 2. The molecule has 4 aromatic rings. The van der Waals surface area contributed by atoms with E-state index in [-0.39, 0.29) is 11.4 Å². The Morgan fingerprint density at radius 2 is 1.86 bits per heavy atom. The maximum absolute atomic E-state index is 12.5. The molecule has 0 spiro atoms. The van der Waals surface area contributed by atoms with E-state index in [9.17, 15) is 4.79 Å². The van der Waals surface area contributed by atoms with Crippen LogP contribution in [0.3, 0.4) is 0 Å². The van der Waals surface area contributed by atoms with Crippen LogP contribution in [0.15, 0.2) is 66.9 Å². The molecule has 0 saturated heterocycles. The molecule has 0 radical (unpaired) electrons. The molecule has 3 aromatic heterocycles. The maximum atomic E-state index is 12.5. The summed E-state index contributed by atoms with van der Waals surface area (Å²) in [6.07, 6.45) is 3.84. The second-order valence-electron chi connectivity index (χ2n) is 7.63. The van der Waals surface area contributed by atoms with Crippen molar-refractivity contribution in [2.24, 2.45) is 0 Å². The van der Waals surface area contributed by atoms with Gasteiger partial charge in [-0.25, -0.2) is 9.97 Å². The summed E-state index contributed by atoms with van der Waals surface area (Å²) in [6, 6.07) is 19.8. The molecule has 5 nitrogen and oxygen atoms in total. The van der Waals surface area contributed by atoms with Gasteiger partial charge in [-0.1, -0.05) is 36.4 Å². The van der Waals surface area contributed by atoms with Gasteiger partial charge in [0, 0.05) is 28.4 Å². The van der Waals surface area contributed by atoms with Crippen molar-refractivity contribution in [3.05, 3.63) is 72.6 Å². The van der Waals surface area contributed by atoms with E-state index in [1.165, 1.54) is 0 Å². The van der Waals surface area contributed by atoms with E-state index in [2.05, 4.69) is 51.5 Å². The van der Waals surface area contributed by atoms with Gasteiger partial charge in [0.15, 0.2) is 0 Å². The van der Waals surface area contributed by atoms with E-state index >= 15 is 0 Å². The fraction of sp³-hybridized carbons (Fsp3) is 0.174. The van der Waals surface area contributed by atoms with Crippen LogP contribution in [-0.4, -0.2) is 26.4 Å². The third kappa shape index (κ3) is 3.16. The zero-order valence-corrected chi connectivity index (χ0v) is 15.6. The first-order valence-electron chi connectivity index (χ1n) is 9.44. The summed E-state index contributed by atoms with van der Waals surface area (Å²) in [7, 11) is 0. The van der Waals surface area contributed by atoms with E-state index < -0.39 is 0 Å². The van der Waals surface area contributed by atoms with Crippen molar-refractivity contribution in [1.82, 2.24) is 20.3 Å². The van der Waals surface area contributed by atoms with Gasteiger partial charge in [0.1, 0.15) is 11.3 Å². The lowest BCUT2D eigenvalue weighted by atomic mass is 10.1. The van der Waals surface area contributed by atoms with Gasteiger partial charge in [0.05, 0.1) is 5.69 Å². The molecular formula is C23H20N4O. The first-order valence-corrected chi connectivity index (χ1v) is 9.44. The van der Waals surface area contributed by atoms with Gasteiger partial charge in [-0.2, -0.15) is 0 Å². The minimum Gasteiger partial charge on any atom is -0.346 e. The fourth-order valence-corrected chi connectivity index (χ4v) is 3.30. The van der Waals surface area contributed by atoms with Crippen LogP contribution in [0, 0.1) is 0 Å². The first-order chi connectivity index (χ1) is 13.6. The zero-order chi connectivity index (χ0) is 19.1. The number of fused-ring (bicyclic) bond motifs is 1. The molecule has 0 unspecified atom stereocenters. The Labute approximate surface area is 162 Å². The molecule has 1 saturated carbocycles. The van der Waals surface area contributed by atoms with Gasteiger partial charge in [-0.05, 0) is 49.6 Å². The van der Waals surface area contributed by atoms with Gasteiger partial charge in [0.25, 0.3) is 5.91 Å². The Bertz CT molecular complexity index is 1180. The van der Waals surface area contributed by atoms with Crippen molar-refractivity contribution in [1.29, 1.82) is 0 Å². The fourth-order valence-electron chi connectivity index (χ4n) is 3.30.